The van der Waals surface area contributed by atoms with Crippen LogP contribution in [0.25, 0.3) is 22.3 Å². The fourth-order valence-electron chi connectivity index (χ4n) is 4.68. The summed E-state index contributed by atoms with van der Waals surface area (Å²) >= 11 is 12.4. The number of benzene rings is 4. The molecule has 0 saturated carbocycles. The number of hydrogen-bond acceptors (Lipinski definition) is 9. The Kier molecular flexibility index (Phi) is 10.1. The number of rotatable bonds is 8. The van der Waals surface area contributed by atoms with Crippen LogP contribution in [0.2, 0.25) is 10.0 Å². The second-order valence-corrected chi connectivity index (χ2v) is 10.5. The van der Waals surface area contributed by atoms with E-state index in [1.54, 1.807) is 0 Å². The molecular formula is C30H16Cl2F6N2O9. The van der Waals surface area contributed by atoms with E-state index in [2.05, 4.69) is 0 Å². The quantitative estimate of drug-likeness (QED) is 0.0747. The third kappa shape index (κ3) is 7.22. The van der Waals surface area contributed by atoms with Gasteiger partial charge in [-0.15, -0.1) is 0 Å². The molecule has 0 radical (unpaired) electrons. The van der Waals surface area contributed by atoms with Gasteiger partial charge in [0, 0.05) is 44.4 Å². The molecular weight excluding hydrogens is 717 g/mol. The third-order valence-electron chi connectivity index (χ3n) is 6.81. The lowest BCUT2D eigenvalue weighted by Crippen LogP contribution is -2.11. The monoisotopic (exact) mass is 732 g/mol. The summed E-state index contributed by atoms with van der Waals surface area (Å²) in [5.74, 6) is -3.87. The van der Waals surface area contributed by atoms with Crippen molar-refractivity contribution in [1.29, 1.82) is 0 Å². The molecule has 19 heteroatoms. The van der Waals surface area contributed by atoms with Crippen LogP contribution in [0.15, 0.2) is 60.7 Å². The molecule has 4 aromatic carbocycles. The Morgan fingerprint density at radius 2 is 0.980 bits per heavy atom. The molecule has 0 aliphatic heterocycles. The van der Waals surface area contributed by atoms with Gasteiger partial charge in [-0.25, -0.2) is 9.59 Å². The first-order valence-electron chi connectivity index (χ1n) is 13.0. The zero-order valence-electron chi connectivity index (χ0n) is 24.4. The maximum Gasteiger partial charge on any atom is 0.416 e. The van der Waals surface area contributed by atoms with Crippen LogP contribution in [0, 0.1) is 20.2 Å². The molecule has 11 nitrogen and oxygen atoms in total. The SMILES string of the molecule is COC(=O)c1c([N+](=O)[O-])ccc(Oc2ccc([N+](=O)[O-])c(C(=O)OC)c2-c2ccc(C(F)(F)F)cc2Cl)c1-c1ccc(C(F)(F)F)cc1Cl. The Morgan fingerprint density at radius 1 is 0.633 bits per heavy atom. The van der Waals surface area contributed by atoms with Crippen molar-refractivity contribution >= 4 is 46.5 Å². The van der Waals surface area contributed by atoms with E-state index in [9.17, 15) is 56.2 Å². The average Bonchev–Trinajstić information content (AvgIpc) is 3.02. The zero-order chi connectivity index (χ0) is 36.6. The fourth-order valence-corrected chi connectivity index (χ4v) is 5.23. The van der Waals surface area contributed by atoms with Gasteiger partial charge in [0.1, 0.15) is 22.6 Å². The maximum absolute atomic E-state index is 13.4. The van der Waals surface area contributed by atoms with Gasteiger partial charge in [-0.2, -0.15) is 26.3 Å². The van der Waals surface area contributed by atoms with E-state index in [1.165, 1.54) is 0 Å². The van der Waals surface area contributed by atoms with Gasteiger partial charge in [-0.1, -0.05) is 35.3 Å². The van der Waals surface area contributed by atoms with Crippen LogP contribution in [-0.2, 0) is 21.8 Å². The molecule has 0 atom stereocenters. The molecule has 0 aliphatic rings. The van der Waals surface area contributed by atoms with E-state index in [0.29, 0.717) is 24.3 Å². The second-order valence-electron chi connectivity index (χ2n) is 9.65. The second kappa shape index (κ2) is 13.6. The van der Waals surface area contributed by atoms with Crippen LogP contribution < -0.4 is 4.74 Å². The number of hydrogen-bond donors (Lipinski definition) is 0. The predicted octanol–water partition coefficient (Wildman–Crippen LogP) is 9.55. The number of halogens is 8. The summed E-state index contributed by atoms with van der Waals surface area (Å²) in [4.78, 5) is 47.8. The number of alkyl halides is 6. The number of ether oxygens (including phenoxy) is 3. The summed E-state index contributed by atoms with van der Waals surface area (Å²) in [6.45, 7) is 0. The maximum atomic E-state index is 13.4. The van der Waals surface area contributed by atoms with E-state index in [-0.39, 0.29) is 0 Å². The van der Waals surface area contributed by atoms with E-state index in [4.69, 9.17) is 37.4 Å². The highest BCUT2D eigenvalue weighted by Gasteiger charge is 2.36. The van der Waals surface area contributed by atoms with Crippen molar-refractivity contribution in [3.63, 3.8) is 0 Å². The number of carbonyl (C=O) groups is 2. The Labute approximate surface area is 279 Å². The smallest absolute Gasteiger partial charge is 0.416 e. The molecule has 0 amide bonds. The van der Waals surface area contributed by atoms with Gasteiger partial charge in [0.2, 0.25) is 0 Å². The lowest BCUT2D eigenvalue weighted by atomic mass is 9.94. The van der Waals surface area contributed by atoms with Crippen LogP contribution in [0.3, 0.4) is 0 Å². The number of nitrogens with zero attached hydrogens (tertiary/aromatic N) is 2. The molecule has 0 aliphatic carbocycles. The van der Waals surface area contributed by atoms with Crippen LogP contribution in [-0.4, -0.2) is 36.0 Å². The van der Waals surface area contributed by atoms with Crippen molar-refractivity contribution in [3.8, 4) is 33.8 Å². The molecule has 0 fully saturated rings. The number of methoxy groups -OCH3 is 2. The first-order chi connectivity index (χ1) is 22.8. The number of nitro benzene ring substituents is 2. The predicted molar refractivity (Wildman–Crippen MR) is 160 cm³/mol. The molecule has 0 aromatic heterocycles. The van der Waals surface area contributed by atoms with E-state index < -0.39 is 112 Å². The highest BCUT2D eigenvalue weighted by Crippen LogP contribution is 2.49. The minimum absolute atomic E-state index is 0.419. The van der Waals surface area contributed by atoms with Crippen molar-refractivity contribution < 1.29 is 60.0 Å². The van der Waals surface area contributed by atoms with Crippen molar-refractivity contribution in [3.05, 3.63) is 113 Å². The molecule has 0 N–H and O–H groups in total. The average molecular weight is 733 g/mol. The molecule has 0 bridgehead atoms. The lowest BCUT2D eigenvalue weighted by Gasteiger charge is -2.20. The third-order valence-corrected chi connectivity index (χ3v) is 7.44. The van der Waals surface area contributed by atoms with E-state index in [0.717, 1.165) is 50.6 Å². The Balaban J connectivity index is 2.14. The van der Waals surface area contributed by atoms with Gasteiger partial charge in [0.05, 0.1) is 35.2 Å². The minimum atomic E-state index is -4.88. The van der Waals surface area contributed by atoms with Gasteiger partial charge in [0.25, 0.3) is 11.4 Å². The van der Waals surface area contributed by atoms with Crippen molar-refractivity contribution in [2.75, 3.05) is 14.2 Å². The van der Waals surface area contributed by atoms with Gasteiger partial charge >= 0.3 is 24.3 Å². The molecule has 49 heavy (non-hydrogen) atoms. The summed E-state index contributed by atoms with van der Waals surface area (Å²) in [7, 11) is 1.70. The summed E-state index contributed by atoms with van der Waals surface area (Å²) in [6.07, 6.45) is -9.76. The molecule has 0 spiro atoms. The molecule has 0 heterocycles. The minimum Gasteiger partial charge on any atom is -0.465 e. The Morgan fingerprint density at radius 3 is 1.24 bits per heavy atom. The first-order valence-corrected chi connectivity index (χ1v) is 13.8. The highest BCUT2D eigenvalue weighted by atomic mass is 35.5. The summed E-state index contributed by atoms with van der Waals surface area (Å²) < 4.78 is 96.0. The van der Waals surface area contributed by atoms with Gasteiger partial charge in [-0.05, 0) is 36.4 Å². The van der Waals surface area contributed by atoms with E-state index >= 15 is 0 Å². The highest BCUT2D eigenvalue weighted by molar-refractivity contribution is 6.34. The summed E-state index contributed by atoms with van der Waals surface area (Å²) in [6, 6.07) is 6.93. The summed E-state index contributed by atoms with van der Waals surface area (Å²) in [5, 5.41) is 22.6. The van der Waals surface area contributed by atoms with Crippen molar-refractivity contribution in [1.82, 2.24) is 0 Å². The van der Waals surface area contributed by atoms with Crippen LogP contribution in [0.1, 0.15) is 31.8 Å². The van der Waals surface area contributed by atoms with Gasteiger partial charge in [0.15, 0.2) is 0 Å². The van der Waals surface area contributed by atoms with Crippen molar-refractivity contribution in [2.24, 2.45) is 0 Å². The fraction of sp³-hybridized carbons (Fsp3) is 0.133. The van der Waals surface area contributed by atoms with Gasteiger partial charge < -0.3 is 14.2 Å². The van der Waals surface area contributed by atoms with Crippen molar-refractivity contribution in [2.45, 2.75) is 12.4 Å². The molecule has 4 aromatic rings. The van der Waals surface area contributed by atoms with Crippen LogP contribution in [0.4, 0.5) is 37.7 Å². The van der Waals surface area contributed by atoms with Gasteiger partial charge in [-0.3, -0.25) is 20.2 Å². The molecule has 4 rings (SSSR count). The van der Waals surface area contributed by atoms with Crippen LogP contribution >= 0.6 is 23.2 Å². The molecule has 256 valence electrons. The largest absolute Gasteiger partial charge is 0.465 e. The normalized spacial score (nSPS) is 11.6. The first kappa shape index (κ1) is 36.4. The zero-order valence-corrected chi connectivity index (χ0v) is 25.9. The number of esters is 2. The van der Waals surface area contributed by atoms with Crippen LogP contribution in [0.5, 0.6) is 11.5 Å². The number of carbonyl (C=O) groups excluding carboxylic acids is 2. The standard InChI is InChI=1S/C30H16Cl2F6N2O9/c1-47-27(41)25-19(39(43)44)7-9-21(23(25)15-5-3-13(11-17(15)31)29(33,34)35)49-22-10-8-20(40(45)46)26(28(42)48-2)24(22)16-6-4-14(12-18(16)32)30(36,37)38/h3-12H,1-2H3. The Bertz CT molecular complexity index is 1890. The topological polar surface area (TPSA) is 148 Å². The molecule has 0 unspecified atom stereocenters. The Hall–Kier alpha value is -5.42. The lowest BCUT2D eigenvalue weighted by molar-refractivity contribution is -0.385. The molecule has 0 saturated heterocycles. The van der Waals surface area contributed by atoms with E-state index in [1.807, 2.05) is 0 Å². The summed E-state index contributed by atoms with van der Waals surface area (Å²) in [5.41, 5.74) is -8.01. The number of nitro groups is 2.